The first kappa shape index (κ1) is 13.1. The van der Waals surface area contributed by atoms with Crippen molar-refractivity contribution in [3.05, 3.63) is 59.7 Å². The van der Waals surface area contributed by atoms with Crippen LogP contribution in [0.2, 0.25) is 0 Å². The Morgan fingerprint density at radius 1 is 1.21 bits per heavy atom. The van der Waals surface area contributed by atoms with Gasteiger partial charge in [0.25, 0.3) is 5.91 Å². The van der Waals surface area contributed by atoms with E-state index < -0.39 is 11.7 Å². The van der Waals surface area contributed by atoms with Crippen molar-refractivity contribution in [3.8, 4) is 0 Å². The van der Waals surface area contributed by atoms with Crippen molar-refractivity contribution in [2.45, 2.75) is 0 Å². The number of nitrogens with two attached hydrogens (primary N) is 1. The van der Waals surface area contributed by atoms with Gasteiger partial charge in [0.2, 0.25) is 0 Å². The van der Waals surface area contributed by atoms with Crippen LogP contribution in [0.3, 0.4) is 0 Å². The smallest absolute Gasteiger partial charge is 0.255 e. The molecule has 4 nitrogen and oxygen atoms in total. The zero-order valence-electron chi connectivity index (χ0n) is 9.76. The highest BCUT2D eigenvalue weighted by molar-refractivity contribution is 7.80. The number of nitrogens with one attached hydrogen (secondary N) is 1. The summed E-state index contributed by atoms with van der Waals surface area (Å²) in [6.45, 7) is 0. The first-order valence-electron chi connectivity index (χ1n) is 5.38. The second-order valence-electron chi connectivity index (χ2n) is 3.75. The van der Waals surface area contributed by atoms with Crippen LogP contribution in [-0.2, 0) is 0 Å². The Bertz CT molecular complexity index is 631. The van der Waals surface area contributed by atoms with E-state index in [2.05, 4.69) is 10.3 Å². The molecule has 0 spiro atoms. The fourth-order valence-electron chi connectivity index (χ4n) is 1.47. The van der Waals surface area contributed by atoms with E-state index in [-0.39, 0.29) is 10.7 Å². The summed E-state index contributed by atoms with van der Waals surface area (Å²) in [6, 6.07) is 7.23. The third-order valence-electron chi connectivity index (χ3n) is 2.44. The minimum Gasteiger partial charge on any atom is -0.389 e. The number of rotatable bonds is 3. The zero-order valence-corrected chi connectivity index (χ0v) is 10.6. The molecule has 2 aromatic rings. The third-order valence-corrected chi connectivity index (χ3v) is 2.68. The summed E-state index contributed by atoms with van der Waals surface area (Å²) in [7, 11) is 0. The highest BCUT2D eigenvalue weighted by Crippen LogP contribution is 2.16. The SMILES string of the molecule is NC(=S)c1ccc(NC(=O)c2ccncc2)c(F)c1. The first-order chi connectivity index (χ1) is 9.08. The van der Waals surface area contributed by atoms with Crippen molar-refractivity contribution < 1.29 is 9.18 Å². The molecular weight excluding hydrogens is 265 g/mol. The van der Waals surface area contributed by atoms with E-state index in [1.807, 2.05) is 0 Å². The number of nitrogens with zero attached hydrogens (tertiary/aromatic N) is 1. The van der Waals surface area contributed by atoms with E-state index in [4.69, 9.17) is 18.0 Å². The van der Waals surface area contributed by atoms with Gasteiger partial charge >= 0.3 is 0 Å². The Morgan fingerprint density at radius 3 is 2.47 bits per heavy atom. The molecule has 3 N–H and O–H groups in total. The molecular formula is C13H10FN3OS. The number of pyridine rings is 1. The molecule has 0 saturated carbocycles. The third kappa shape index (κ3) is 3.11. The number of amides is 1. The number of hydrogen-bond acceptors (Lipinski definition) is 3. The Balaban J connectivity index is 2.20. The van der Waals surface area contributed by atoms with E-state index in [1.165, 1.54) is 36.7 Å². The molecule has 0 fully saturated rings. The quantitative estimate of drug-likeness (QED) is 0.842. The maximum atomic E-state index is 13.7. The van der Waals surface area contributed by atoms with E-state index in [1.54, 1.807) is 6.07 Å². The van der Waals surface area contributed by atoms with Crippen LogP contribution in [0.5, 0.6) is 0 Å². The second kappa shape index (κ2) is 5.53. The number of halogens is 1. The lowest BCUT2D eigenvalue weighted by Gasteiger charge is -2.07. The molecule has 0 atom stereocenters. The molecule has 0 bridgehead atoms. The van der Waals surface area contributed by atoms with Crippen LogP contribution in [-0.4, -0.2) is 15.9 Å². The summed E-state index contributed by atoms with van der Waals surface area (Å²) in [4.78, 5) is 15.7. The molecule has 0 radical (unpaired) electrons. The Morgan fingerprint density at radius 2 is 1.89 bits per heavy atom. The average molecular weight is 275 g/mol. The molecule has 0 unspecified atom stereocenters. The largest absolute Gasteiger partial charge is 0.389 e. The number of anilines is 1. The van der Waals surface area contributed by atoms with Crippen molar-refractivity contribution in [1.29, 1.82) is 0 Å². The zero-order chi connectivity index (χ0) is 13.8. The molecule has 0 aliphatic rings. The van der Waals surface area contributed by atoms with Gasteiger partial charge < -0.3 is 11.1 Å². The molecule has 1 aromatic heterocycles. The second-order valence-corrected chi connectivity index (χ2v) is 4.19. The van der Waals surface area contributed by atoms with Gasteiger partial charge in [-0.2, -0.15) is 0 Å². The summed E-state index contributed by atoms with van der Waals surface area (Å²) in [6.07, 6.45) is 2.97. The minimum atomic E-state index is -0.590. The monoisotopic (exact) mass is 275 g/mol. The summed E-state index contributed by atoms with van der Waals surface area (Å²) in [5.74, 6) is -1.00. The Kier molecular flexibility index (Phi) is 3.82. The lowest BCUT2D eigenvalue weighted by molar-refractivity contribution is 0.102. The van der Waals surface area contributed by atoms with Crippen molar-refractivity contribution in [2.24, 2.45) is 5.73 Å². The number of aromatic nitrogens is 1. The normalized spacial score (nSPS) is 9.95. The van der Waals surface area contributed by atoms with Crippen LogP contribution >= 0.6 is 12.2 Å². The fraction of sp³-hybridized carbons (Fsp3) is 0. The lowest BCUT2D eigenvalue weighted by atomic mass is 10.2. The summed E-state index contributed by atoms with van der Waals surface area (Å²) in [5.41, 5.74) is 6.27. The topological polar surface area (TPSA) is 68.0 Å². The molecule has 2 rings (SSSR count). The van der Waals surface area contributed by atoms with Crippen molar-refractivity contribution >= 4 is 28.8 Å². The minimum absolute atomic E-state index is 0.0711. The fourth-order valence-corrected chi connectivity index (χ4v) is 1.59. The molecule has 96 valence electrons. The molecule has 0 aliphatic heterocycles. The van der Waals surface area contributed by atoms with Crippen LogP contribution in [0.25, 0.3) is 0 Å². The first-order valence-corrected chi connectivity index (χ1v) is 5.79. The summed E-state index contributed by atoms with van der Waals surface area (Å²) < 4.78 is 13.7. The van der Waals surface area contributed by atoms with Crippen LogP contribution < -0.4 is 11.1 Å². The predicted octanol–water partition coefficient (Wildman–Crippen LogP) is 2.11. The van der Waals surface area contributed by atoms with Crippen LogP contribution in [0.1, 0.15) is 15.9 Å². The predicted molar refractivity (Wildman–Crippen MR) is 74.5 cm³/mol. The van der Waals surface area contributed by atoms with Gasteiger partial charge in [0.1, 0.15) is 10.8 Å². The Hall–Kier alpha value is -2.34. The molecule has 1 heterocycles. The van der Waals surface area contributed by atoms with Crippen LogP contribution in [0.15, 0.2) is 42.7 Å². The van der Waals surface area contributed by atoms with Gasteiger partial charge in [-0.25, -0.2) is 4.39 Å². The van der Waals surface area contributed by atoms with Crippen molar-refractivity contribution in [3.63, 3.8) is 0 Å². The lowest BCUT2D eigenvalue weighted by Crippen LogP contribution is -2.14. The van der Waals surface area contributed by atoms with Gasteiger partial charge in [-0.1, -0.05) is 12.2 Å². The molecule has 6 heteroatoms. The van der Waals surface area contributed by atoms with Gasteiger partial charge in [-0.05, 0) is 30.3 Å². The van der Waals surface area contributed by atoms with Gasteiger partial charge in [-0.3, -0.25) is 9.78 Å². The molecule has 19 heavy (non-hydrogen) atoms. The maximum Gasteiger partial charge on any atom is 0.255 e. The van der Waals surface area contributed by atoms with E-state index in [0.717, 1.165) is 0 Å². The average Bonchev–Trinajstić information content (AvgIpc) is 2.41. The van der Waals surface area contributed by atoms with Crippen molar-refractivity contribution in [2.75, 3.05) is 5.32 Å². The summed E-state index contributed by atoms with van der Waals surface area (Å²) in [5, 5.41) is 2.47. The number of hydrogen-bond donors (Lipinski definition) is 2. The molecule has 1 amide bonds. The molecule has 1 aromatic carbocycles. The standard InChI is InChI=1S/C13H10FN3OS/c14-10-7-9(12(15)19)1-2-11(10)17-13(18)8-3-5-16-6-4-8/h1-7H,(H2,15,19)(H,17,18). The van der Waals surface area contributed by atoms with Crippen LogP contribution in [0.4, 0.5) is 10.1 Å². The van der Waals surface area contributed by atoms with Gasteiger partial charge in [-0.15, -0.1) is 0 Å². The Labute approximate surface area is 114 Å². The highest BCUT2D eigenvalue weighted by Gasteiger charge is 2.10. The number of carbonyl (C=O) groups excluding carboxylic acids is 1. The maximum absolute atomic E-state index is 13.7. The number of benzene rings is 1. The summed E-state index contributed by atoms with van der Waals surface area (Å²) >= 11 is 4.75. The van der Waals surface area contributed by atoms with Crippen LogP contribution in [0, 0.1) is 5.82 Å². The van der Waals surface area contributed by atoms with Gasteiger partial charge in [0.15, 0.2) is 0 Å². The number of carbonyl (C=O) groups is 1. The molecule has 0 saturated heterocycles. The van der Waals surface area contributed by atoms with E-state index in [0.29, 0.717) is 11.1 Å². The van der Waals surface area contributed by atoms with E-state index >= 15 is 0 Å². The highest BCUT2D eigenvalue weighted by atomic mass is 32.1. The number of thiocarbonyl (C=S) groups is 1. The molecule has 0 aliphatic carbocycles. The van der Waals surface area contributed by atoms with Gasteiger partial charge in [0, 0.05) is 23.5 Å². The van der Waals surface area contributed by atoms with E-state index in [9.17, 15) is 9.18 Å². The van der Waals surface area contributed by atoms with Crippen molar-refractivity contribution in [1.82, 2.24) is 4.98 Å². The van der Waals surface area contributed by atoms with Gasteiger partial charge in [0.05, 0.1) is 5.69 Å².